The van der Waals surface area contributed by atoms with E-state index in [4.69, 9.17) is 11.6 Å². The molecule has 5 nitrogen and oxygen atoms in total. The number of aryl methyl sites for hydroxylation is 1. The number of nitrogens with zero attached hydrogens (tertiary/aromatic N) is 1. The van der Waals surface area contributed by atoms with Gasteiger partial charge < -0.3 is 5.32 Å². The van der Waals surface area contributed by atoms with Crippen molar-refractivity contribution in [3.63, 3.8) is 0 Å². The smallest absolute Gasteiger partial charge is 0.248 e. The fourth-order valence-corrected chi connectivity index (χ4v) is 7.04. The maximum atomic E-state index is 13.7. The van der Waals surface area contributed by atoms with Crippen LogP contribution in [0, 0.1) is 42.4 Å². The third-order valence-electron chi connectivity index (χ3n) is 8.11. The summed E-state index contributed by atoms with van der Waals surface area (Å²) in [5.74, 6) is -0.158. The third kappa shape index (κ3) is 3.37. The summed E-state index contributed by atoms with van der Waals surface area (Å²) in [7, 11) is 0. The Morgan fingerprint density at radius 1 is 1.09 bits per heavy atom. The molecule has 34 heavy (non-hydrogen) atoms. The van der Waals surface area contributed by atoms with Crippen LogP contribution in [-0.4, -0.2) is 28.7 Å². The molecule has 3 fully saturated rings. The molecule has 0 spiro atoms. The van der Waals surface area contributed by atoms with Gasteiger partial charge in [0, 0.05) is 16.6 Å². The van der Waals surface area contributed by atoms with Crippen molar-refractivity contribution in [1.29, 1.82) is 0 Å². The summed E-state index contributed by atoms with van der Waals surface area (Å²) in [6.07, 6.45) is 5.66. The zero-order valence-electron chi connectivity index (χ0n) is 18.6. The number of anilines is 1. The number of amides is 3. The SMILES string of the molecule is Cc1cc(Br)c(Cl)cc1NC(=O)[C@H](Cc1ccccc1)N1C(=O)[C@H]2[C@@H]3C=C[C@H]([C@H]4C[C@H]34)[C@@H]2C1=O. The molecule has 0 aromatic heterocycles. The quantitative estimate of drug-likeness (QED) is 0.429. The molecule has 7 atom stereocenters. The first-order chi connectivity index (χ1) is 16.3. The lowest BCUT2D eigenvalue weighted by Gasteiger charge is -2.37. The van der Waals surface area contributed by atoms with Gasteiger partial charge in [0.15, 0.2) is 0 Å². The van der Waals surface area contributed by atoms with Gasteiger partial charge >= 0.3 is 0 Å². The first-order valence-electron chi connectivity index (χ1n) is 11.7. The molecule has 5 aliphatic rings. The summed E-state index contributed by atoms with van der Waals surface area (Å²) in [6, 6.07) is 12.1. The number of carbonyl (C=O) groups is 3. The van der Waals surface area contributed by atoms with E-state index >= 15 is 0 Å². The summed E-state index contributed by atoms with van der Waals surface area (Å²) < 4.78 is 0.737. The second-order valence-corrected chi connectivity index (χ2v) is 11.2. The summed E-state index contributed by atoms with van der Waals surface area (Å²) in [6.45, 7) is 1.87. The Hall–Kier alpha value is -2.44. The highest BCUT2D eigenvalue weighted by molar-refractivity contribution is 9.10. The van der Waals surface area contributed by atoms with Crippen LogP contribution in [0.4, 0.5) is 5.69 Å². The maximum absolute atomic E-state index is 13.7. The van der Waals surface area contributed by atoms with Crippen LogP contribution >= 0.6 is 27.5 Å². The van der Waals surface area contributed by atoms with E-state index in [-0.39, 0.29) is 47.8 Å². The van der Waals surface area contributed by atoms with E-state index in [1.807, 2.05) is 43.3 Å². The van der Waals surface area contributed by atoms with Gasteiger partial charge in [-0.2, -0.15) is 0 Å². The van der Waals surface area contributed by atoms with Crippen molar-refractivity contribution < 1.29 is 14.4 Å². The van der Waals surface area contributed by atoms with Crippen LogP contribution in [0.15, 0.2) is 59.1 Å². The Bertz CT molecular complexity index is 1210. The topological polar surface area (TPSA) is 66.5 Å². The van der Waals surface area contributed by atoms with Crippen molar-refractivity contribution in [3.05, 3.63) is 75.2 Å². The highest BCUT2D eigenvalue weighted by Gasteiger charge is 2.67. The molecular weight excluding hydrogens is 516 g/mol. The Labute approximate surface area is 211 Å². The number of benzene rings is 2. The average Bonchev–Trinajstić information content (AvgIpc) is 3.60. The first-order valence-corrected chi connectivity index (χ1v) is 12.9. The summed E-state index contributed by atoms with van der Waals surface area (Å²) in [4.78, 5) is 42.4. The van der Waals surface area contributed by atoms with Crippen LogP contribution in [0.3, 0.4) is 0 Å². The van der Waals surface area contributed by atoms with E-state index in [0.717, 1.165) is 22.0 Å². The minimum atomic E-state index is -0.925. The zero-order chi connectivity index (χ0) is 23.7. The standard InChI is InChI=1S/C27H24BrClN2O3/c1-13-9-19(28)20(29)12-21(13)30-25(32)22(10-14-5-3-2-4-6-14)31-26(33)23-15-7-8-16(18-11-17(15)18)24(23)27(31)34/h2-9,12,15-18,22-24H,10-11H2,1H3,(H,30,32)/t15-,16-,17-,18-,22+,23+,24+/m1/s1. The van der Waals surface area contributed by atoms with E-state index < -0.39 is 6.04 Å². The van der Waals surface area contributed by atoms with Crippen LogP contribution in [0.2, 0.25) is 5.02 Å². The molecule has 4 aliphatic carbocycles. The van der Waals surface area contributed by atoms with E-state index in [2.05, 4.69) is 33.4 Å². The van der Waals surface area contributed by atoms with E-state index in [1.165, 1.54) is 4.90 Å². The number of hydrogen-bond donors (Lipinski definition) is 1. The first kappa shape index (κ1) is 22.1. The third-order valence-corrected chi connectivity index (χ3v) is 9.31. The molecule has 2 bridgehead atoms. The van der Waals surface area contributed by atoms with Crippen molar-refractivity contribution in [3.8, 4) is 0 Å². The normalized spacial score (nSPS) is 31.3. The summed E-state index contributed by atoms with van der Waals surface area (Å²) >= 11 is 9.67. The van der Waals surface area contributed by atoms with E-state index in [9.17, 15) is 14.4 Å². The highest BCUT2D eigenvalue weighted by atomic mass is 79.9. The number of allylic oxidation sites excluding steroid dienone is 2. The second-order valence-electron chi connectivity index (χ2n) is 9.98. The van der Waals surface area contributed by atoms with Crippen molar-refractivity contribution in [2.24, 2.45) is 35.5 Å². The van der Waals surface area contributed by atoms with Gasteiger partial charge in [0.2, 0.25) is 17.7 Å². The largest absolute Gasteiger partial charge is 0.324 e. The lowest BCUT2D eigenvalue weighted by Crippen LogP contribution is -2.49. The number of nitrogens with one attached hydrogen (secondary N) is 1. The number of rotatable bonds is 5. The Kier molecular flexibility index (Phi) is 5.23. The molecule has 1 aliphatic heterocycles. The fourth-order valence-electron chi connectivity index (χ4n) is 6.42. The molecule has 7 rings (SSSR count). The minimum Gasteiger partial charge on any atom is -0.324 e. The van der Waals surface area contributed by atoms with Gasteiger partial charge in [0.05, 0.1) is 16.9 Å². The molecule has 174 valence electrons. The molecule has 1 N–H and O–H groups in total. The van der Waals surface area contributed by atoms with Crippen LogP contribution in [0.5, 0.6) is 0 Å². The van der Waals surface area contributed by atoms with Gasteiger partial charge in [-0.3, -0.25) is 19.3 Å². The van der Waals surface area contributed by atoms with Crippen molar-refractivity contribution >= 4 is 50.9 Å². The summed E-state index contributed by atoms with van der Waals surface area (Å²) in [5.41, 5.74) is 2.29. The molecular formula is C27H24BrClN2O3. The van der Waals surface area contributed by atoms with Gasteiger partial charge in [0.25, 0.3) is 0 Å². The minimum absolute atomic E-state index is 0.120. The molecule has 1 saturated heterocycles. The van der Waals surface area contributed by atoms with Crippen LogP contribution in [-0.2, 0) is 20.8 Å². The molecule has 2 aromatic carbocycles. The van der Waals surface area contributed by atoms with Gasteiger partial charge in [0.1, 0.15) is 6.04 Å². The van der Waals surface area contributed by atoms with Gasteiger partial charge in [-0.05, 0) is 76.2 Å². The van der Waals surface area contributed by atoms with Crippen molar-refractivity contribution in [1.82, 2.24) is 4.90 Å². The van der Waals surface area contributed by atoms with E-state index in [1.54, 1.807) is 6.07 Å². The highest BCUT2D eigenvalue weighted by Crippen LogP contribution is 2.65. The second kappa shape index (κ2) is 8.06. The van der Waals surface area contributed by atoms with Crippen LogP contribution in [0.25, 0.3) is 0 Å². The number of imide groups is 1. The van der Waals surface area contributed by atoms with Crippen LogP contribution in [0.1, 0.15) is 17.5 Å². The molecule has 0 radical (unpaired) electrons. The predicted molar refractivity (Wildman–Crippen MR) is 133 cm³/mol. The number of carbonyl (C=O) groups excluding carboxylic acids is 3. The molecule has 3 amide bonds. The monoisotopic (exact) mass is 538 g/mol. The number of hydrogen-bond acceptors (Lipinski definition) is 3. The lowest BCUT2D eigenvalue weighted by molar-refractivity contribution is -0.146. The van der Waals surface area contributed by atoms with E-state index in [0.29, 0.717) is 22.5 Å². The van der Waals surface area contributed by atoms with Crippen molar-refractivity contribution in [2.45, 2.75) is 25.8 Å². The predicted octanol–water partition coefficient (Wildman–Crippen LogP) is 5.01. The molecule has 1 heterocycles. The Morgan fingerprint density at radius 2 is 1.71 bits per heavy atom. The zero-order valence-corrected chi connectivity index (χ0v) is 20.9. The van der Waals surface area contributed by atoms with Gasteiger partial charge in [-0.1, -0.05) is 54.1 Å². The number of likely N-dealkylation sites (tertiary alicyclic amines) is 1. The molecule has 7 heteroatoms. The molecule has 2 saturated carbocycles. The van der Waals surface area contributed by atoms with Gasteiger partial charge in [-0.25, -0.2) is 0 Å². The maximum Gasteiger partial charge on any atom is 0.248 e. The fraction of sp³-hybridized carbons (Fsp3) is 0.370. The lowest BCUT2D eigenvalue weighted by atomic mass is 9.63. The average molecular weight is 540 g/mol. The number of halogens is 2. The van der Waals surface area contributed by atoms with Crippen molar-refractivity contribution in [2.75, 3.05) is 5.32 Å². The Balaban J connectivity index is 1.34. The summed E-state index contributed by atoms with van der Waals surface area (Å²) in [5, 5.41) is 3.42. The molecule has 2 aromatic rings. The van der Waals surface area contributed by atoms with Crippen LogP contribution < -0.4 is 5.32 Å². The van der Waals surface area contributed by atoms with Gasteiger partial charge in [-0.15, -0.1) is 0 Å². The molecule has 0 unspecified atom stereocenters. The Morgan fingerprint density at radius 3 is 2.32 bits per heavy atom.